The topological polar surface area (TPSA) is 38.0 Å². The van der Waals surface area contributed by atoms with Crippen LogP contribution in [0.25, 0.3) is 0 Å². The molecule has 1 aromatic carbocycles. The lowest BCUT2D eigenvalue weighted by molar-refractivity contribution is 0.495. The molecular formula is C11H16BrClN2. The Kier molecular flexibility index (Phi) is 5.61. The van der Waals surface area contributed by atoms with E-state index >= 15 is 0 Å². The van der Waals surface area contributed by atoms with Gasteiger partial charge in [0.1, 0.15) is 0 Å². The predicted molar refractivity (Wildman–Crippen MR) is 68.7 cm³/mol. The Balaban J connectivity index is 2.78. The second-order valence-corrected chi connectivity index (χ2v) is 4.80. The van der Waals surface area contributed by atoms with E-state index in [0.29, 0.717) is 0 Å². The third-order valence-electron chi connectivity index (χ3n) is 2.39. The van der Waals surface area contributed by atoms with Crippen LogP contribution in [-0.2, 0) is 0 Å². The van der Waals surface area contributed by atoms with Gasteiger partial charge in [-0.05, 0) is 40.0 Å². The Hall–Kier alpha value is -0.0900. The summed E-state index contributed by atoms with van der Waals surface area (Å²) in [5.74, 6) is 5.53. The summed E-state index contributed by atoms with van der Waals surface area (Å²) in [6.07, 6.45) is 3.36. The van der Waals surface area contributed by atoms with E-state index in [1.54, 1.807) is 0 Å². The average molecular weight is 292 g/mol. The minimum Gasteiger partial charge on any atom is -0.271 e. The molecule has 0 bridgehead atoms. The van der Waals surface area contributed by atoms with Crippen molar-refractivity contribution in [3.8, 4) is 0 Å². The molecule has 0 heterocycles. The molecule has 0 fully saturated rings. The monoisotopic (exact) mass is 290 g/mol. The maximum absolute atomic E-state index is 6.03. The minimum atomic E-state index is 0.190. The van der Waals surface area contributed by atoms with Crippen LogP contribution < -0.4 is 11.3 Å². The van der Waals surface area contributed by atoms with Crippen LogP contribution in [0.4, 0.5) is 0 Å². The van der Waals surface area contributed by atoms with E-state index in [1.165, 1.54) is 6.42 Å². The zero-order valence-corrected chi connectivity index (χ0v) is 11.1. The highest BCUT2D eigenvalue weighted by Crippen LogP contribution is 2.27. The van der Waals surface area contributed by atoms with Gasteiger partial charge in [0.2, 0.25) is 0 Å². The first-order chi connectivity index (χ1) is 7.19. The summed E-state index contributed by atoms with van der Waals surface area (Å²) in [7, 11) is 0. The van der Waals surface area contributed by atoms with Gasteiger partial charge in [0.05, 0.1) is 5.02 Å². The zero-order valence-electron chi connectivity index (χ0n) is 8.76. The lowest BCUT2D eigenvalue weighted by Crippen LogP contribution is -2.27. The summed E-state index contributed by atoms with van der Waals surface area (Å²) in [5.41, 5.74) is 3.96. The van der Waals surface area contributed by atoms with Crippen molar-refractivity contribution in [2.75, 3.05) is 0 Å². The molecule has 15 heavy (non-hydrogen) atoms. The fourth-order valence-electron chi connectivity index (χ4n) is 1.48. The molecule has 0 aliphatic heterocycles. The van der Waals surface area contributed by atoms with Gasteiger partial charge in [-0.3, -0.25) is 11.3 Å². The summed E-state index contributed by atoms with van der Waals surface area (Å²) in [5, 5.41) is 0.726. The van der Waals surface area contributed by atoms with Gasteiger partial charge in [0.25, 0.3) is 0 Å². The fourth-order valence-corrected chi connectivity index (χ4v) is 1.92. The highest BCUT2D eigenvalue weighted by molar-refractivity contribution is 9.10. The van der Waals surface area contributed by atoms with Crippen molar-refractivity contribution in [1.29, 1.82) is 0 Å². The number of hydrogen-bond acceptors (Lipinski definition) is 2. The van der Waals surface area contributed by atoms with Gasteiger partial charge < -0.3 is 0 Å². The molecule has 0 spiro atoms. The maximum Gasteiger partial charge on any atom is 0.0551 e. The van der Waals surface area contributed by atoms with Gasteiger partial charge in [0.15, 0.2) is 0 Å². The van der Waals surface area contributed by atoms with E-state index in [-0.39, 0.29) is 6.04 Å². The molecular weight excluding hydrogens is 275 g/mol. The molecule has 0 aromatic heterocycles. The Bertz CT molecular complexity index is 317. The van der Waals surface area contributed by atoms with Gasteiger partial charge in [-0.25, -0.2) is 0 Å². The van der Waals surface area contributed by atoms with Gasteiger partial charge in [0, 0.05) is 10.5 Å². The van der Waals surface area contributed by atoms with E-state index in [1.807, 2.05) is 18.2 Å². The Morgan fingerprint density at radius 2 is 2.27 bits per heavy atom. The number of benzene rings is 1. The molecule has 1 unspecified atom stereocenters. The van der Waals surface area contributed by atoms with Crippen LogP contribution in [0.15, 0.2) is 22.7 Å². The van der Waals surface area contributed by atoms with E-state index in [9.17, 15) is 0 Å². The van der Waals surface area contributed by atoms with Crippen molar-refractivity contribution >= 4 is 27.5 Å². The van der Waals surface area contributed by atoms with Crippen molar-refractivity contribution in [3.05, 3.63) is 33.3 Å². The van der Waals surface area contributed by atoms with Crippen molar-refractivity contribution < 1.29 is 0 Å². The van der Waals surface area contributed by atoms with Crippen molar-refractivity contribution in [2.45, 2.75) is 32.2 Å². The largest absolute Gasteiger partial charge is 0.271 e. The molecule has 2 nitrogen and oxygen atoms in total. The normalized spacial score (nSPS) is 12.8. The quantitative estimate of drug-likeness (QED) is 0.640. The van der Waals surface area contributed by atoms with E-state index in [2.05, 4.69) is 28.3 Å². The molecule has 4 heteroatoms. The molecule has 0 amide bonds. The number of rotatable bonds is 5. The van der Waals surface area contributed by atoms with Crippen LogP contribution in [0.3, 0.4) is 0 Å². The van der Waals surface area contributed by atoms with Crippen molar-refractivity contribution in [2.24, 2.45) is 5.84 Å². The average Bonchev–Trinajstić information content (AvgIpc) is 2.24. The zero-order chi connectivity index (χ0) is 11.3. The highest BCUT2D eigenvalue weighted by Gasteiger charge is 2.10. The SMILES string of the molecule is CCCCC(NN)c1ccc(Br)c(Cl)c1. The van der Waals surface area contributed by atoms with Crippen LogP contribution in [0.2, 0.25) is 5.02 Å². The van der Waals surface area contributed by atoms with Crippen molar-refractivity contribution in [1.82, 2.24) is 5.43 Å². The summed E-state index contributed by atoms with van der Waals surface area (Å²) in [4.78, 5) is 0. The number of nitrogens with two attached hydrogens (primary N) is 1. The Morgan fingerprint density at radius 3 is 2.80 bits per heavy atom. The summed E-state index contributed by atoms with van der Waals surface area (Å²) in [6.45, 7) is 2.17. The summed E-state index contributed by atoms with van der Waals surface area (Å²) in [6, 6.07) is 6.13. The molecule has 0 saturated carbocycles. The van der Waals surface area contributed by atoms with Gasteiger partial charge >= 0.3 is 0 Å². The summed E-state index contributed by atoms with van der Waals surface area (Å²) >= 11 is 9.40. The second-order valence-electron chi connectivity index (χ2n) is 3.54. The number of nitrogens with one attached hydrogen (secondary N) is 1. The number of halogens is 2. The van der Waals surface area contributed by atoms with Gasteiger partial charge in [-0.1, -0.05) is 37.4 Å². The van der Waals surface area contributed by atoms with Crippen LogP contribution in [-0.4, -0.2) is 0 Å². The molecule has 0 aliphatic carbocycles. The smallest absolute Gasteiger partial charge is 0.0551 e. The molecule has 1 atom stereocenters. The third kappa shape index (κ3) is 3.76. The molecule has 84 valence electrons. The number of unbranched alkanes of at least 4 members (excludes halogenated alkanes) is 1. The van der Waals surface area contributed by atoms with Crippen molar-refractivity contribution in [3.63, 3.8) is 0 Å². The van der Waals surface area contributed by atoms with Gasteiger partial charge in [-0.15, -0.1) is 0 Å². The predicted octanol–water partition coefficient (Wildman–Crippen LogP) is 3.80. The fraction of sp³-hybridized carbons (Fsp3) is 0.455. The maximum atomic E-state index is 6.03. The number of hydrazine groups is 1. The molecule has 1 rings (SSSR count). The molecule has 0 radical (unpaired) electrons. The third-order valence-corrected chi connectivity index (χ3v) is 3.63. The Morgan fingerprint density at radius 1 is 1.53 bits per heavy atom. The first-order valence-electron chi connectivity index (χ1n) is 5.10. The van der Waals surface area contributed by atoms with Crippen LogP contribution in [0.1, 0.15) is 37.8 Å². The Labute approximate surface area is 104 Å². The highest BCUT2D eigenvalue weighted by atomic mass is 79.9. The molecule has 0 saturated heterocycles. The van der Waals surface area contributed by atoms with Crippen LogP contribution in [0.5, 0.6) is 0 Å². The molecule has 1 aromatic rings. The van der Waals surface area contributed by atoms with Crippen LogP contribution >= 0.6 is 27.5 Å². The molecule has 0 aliphatic rings. The first-order valence-corrected chi connectivity index (χ1v) is 6.27. The lowest BCUT2D eigenvalue weighted by Gasteiger charge is -2.16. The first kappa shape index (κ1) is 13.0. The minimum absolute atomic E-state index is 0.190. The van der Waals surface area contributed by atoms with E-state index < -0.39 is 0 Å². The van der Waals surface area contributed by atoms with E-state index in [4.69, 9.17) is 17.4 Å². The number of hydrogen-bond donors (Lipinski definition) is 2. The second kappa shape index (κ2) is 6.48. The standard InChI is InChI=1S/C11H16BrClN2/c1-2-3-4-11(15-14)8-5-6-9(12)10(13)7-8/h5-7,11,15H,2-4,14H2,1H3. The van der Waals surface area contributed by atoms with Gasteiger partial charge in [-0.2, -0.15) is 0 Å². The lowest BCUT2D eigenvalue weighted by atomic mass is 10.0. The van der Waals surface area contributed by atoms with E-state index in [0.717, 1.165) is 27.9 Å². The summed E-state index contributed by atoms with van der Waals surface area (Å²) < 4.78 is 0.916. The molecule has 3 N–H and O–H groups in total. The van der Waals surface area contributed by atoms with Crippen LogP contribution in [0, 0.1) is 0 Å².